The number of aliphatic imine (C=N–C) groups is 1. The molecular formula is C20H34IN3O4. The number of rotatable bonds is 11. The molecule has 0 amide bonds. The van der Waals surface area contributed by atoms with Crippen LogP contribution in [0.4, 0.5) is 0 Å². The monoisotopic (exact) mass is 507 g/mol. The minimum absolute atomic E-state index is 0. The molecule has 1 aliphatic rings. The number of ether oxygens (including phenoxy) is 4. The number of methoxy groups -OCH3 is 1. The molecule has 7 nitrogen and oxygen atoms in total. The minimum Gasteiger partial charge on any atom is -0.488 e. The Hall–Kier alpha value is -1.10. The lowest BCUT2D eigenvalue weighted by Gasteiger charge is -2.18. The predicted octanol–water partition coefficient (Wildman–Crippen LogP) is 2.50. The van der Waals surface area contributed by atoms with E-state index in [0.29, 0.717) is 33.0 Å². The smallest absolute Gasteiger partial charge is 0.191 e. The SMILES string of the molecule is CN=C(NCCCOCCOC)NCc1ccc(C)cc1OC1CCOC1.I. The van der Waals surface area contributed by atoms with Gasteiger partial charge in [0.05, 0.1) is 26.4 Å². The molecule has 1 aromatic rings. The van der Waals surface area contributed by atoms with Gasteiger partial charge >= 0.3 is 0 Å². The van der Waals surface area contributed by atoms with E-state index in [2.05, 4.69) is 40.7 Å². The summed E-state index contributed by atoms with van der Waals surface area (Å²) in [5.41, 5.74) is 2.29. The zero-order valence-corrected chi connectivity index (χ0v) is 19.5. The van der Waals surface area contributed by atoms with Crippen molar-refractivity contribution in [2.45, 2.75) is 32.4 Å². The van der Waals surface area contributed by atoms with Gasteiger partial charge in [-0.25, -0.2) is 0 Å². The van der Waals surface area contributed by atoms with E-state index in [9.17, 15) is 0 Å². The lowest BCUT2D eigenvalue weighted by molar-refractivity contribution is 0.0698. The highest BCUT2D eigenvalue weighted by molar-refractivity contribution is 14.0. The molecule has 1 unspecified atom stereocenters. The summed E-state index contributed by atoms with van der Waals surface area (Å²) in [5, 5.41) is 6.65. The van der Waals surface area contributed by atoms with E-state index in [1.54, 1.807) is 14.2 Å². The molecule has 0 saturated carbocycles. The van der Waals surface area contributed by atoms with Gasteiger partial charge in [0, 0.05) is 45.8 Å². The molecule has 0 aromatic heterocycles. The van der Waals surface area contributed by atoms with Crippen LogP contribution in [-0.4, -0.2) is 65.8 Å². The Morgan fingerprint density at radius 1 is 1.25 bits per heavy atom. The second-order valence-corrected chi connectivity index (χ2v) is 6.53. The number of nitrogens with one attached hydrogen (secondary N) is 2. The van der Waals surface area contributed by atoms with Crippen molar-refractivity contribution in [3.8, 4) is 5.75 Å². The second kappa shape index (κ2) is 14.8. The Morgan fingerprint density at radius 2 is 2.11 bits per heavy atom. The second-order valence-electron chi connectivity index (χ2n) is 6.53. The van der Waals surface area contributed by atoms with Crippen molar-refractivity contribution in [1.82, 2.24) is 10.6 Å². The molecule has 28 heavy (non-hydrogen) atoms. The van der Waals surface area contributed by atoms with Crippen molar-refractivity contribution < 1.29 is 18.9 Å². The third-order valence-electron chi connectivity index (χ3n) is 4.26. The largest absolute Gasteiger partial charge is 0.488 e. The lowest BCUT2D eigenvalue weighted by atomic mass is 10.1. The molecule has 2 N–H and O–H groups in total. The maximum Gasteiger partial charge on any atom is 0.191 e. The summed E-state index contributed by atoms with van der Waals surface area (Å²) in [4.78, 5) is 4.27. The normalized spacial score (nSPS) is 16.5. The van der Waals surface area contributed by atoms with Crippen LogP contribution < -0.4 is 15.4 Å². The number of guanidine groups is 1. The van der Waals surface area contributed by atoms with Crippen molar-refractivity contribution in [2.75, 3.05) is 53.7 Å². The standard InChI is InChI=1S/C20H33N3O4.HI/c1-16-5-6-17(19(13-16)27-18-7-10-26-15-18)14-23-20(21-2)22-8-4-9-25-12-11-24-3;/h5-6,13,18H,4,7-12,14-15H2,1-3H3,(H2,21,22,23);1H. The van der Waals surface area contributed by atoms with Gasteiger partial charge in [-0.1, -0.05) is 12.1 Å². The van der Waals surface area contributed by atoms with Gasteiger partial charge in [0.25, 0.3) is 0 Å². The maximum absolute atomic E-state index is 6.15. The van der Waals surface area contributed by atoms with Gasteiger partial charge in [-0.05, 0) is 25.0 Å². The van der Waals surface area contributed by atoms with Gasteiger partial charge in [0.1, 0.15) is 11.9 Å². The van der Waals surface area contributed by atoms with E-state index < -0.39 is 0 Å². The van der Waals surface area contributed by atoms with Crippen molar-refractivity contribution >= 4 is 29.9 Å². The summed E-state index contributed by atoms with van der Waals surface area (Å²) in [7, 11) is 3.44. The first-order valence-corrected chi connectivity index (χ1v) is 9.58. The summed E-state index contributed by atoms with van der Waals surface area (Å²) >= 11 is 0. The Labute approximate surface area is 185 Å². The van der Waals surface area contributed by atoms with Crippen molar-refractivity contribution in [1.29, 1.82) is 0 Å². The van der Waals surface area contributed by atoms with E-state index in [1.165, 1.54) is 5.56 Å². The van der Waals surface area contributed by atoms with Crippen LogP contribution in [0.15, 0.2) is 23.2 Å². The van der Waals surface area contributed by atoms with Gasteiger partial charge in [0.15, 0.2) is 5.96 Å². The fraction of sp³-hybridized carbons (Fsp3) is 0.650. The average molecular weight is 507 g/mol. The van der Waals surface area contributed by atoms with Crippen LogP contribution >= 0.6 is 24.0 Å². The molecule has 0 radical (unpaired) electrons. The van der Waals surface area contributed by atoms with E-state index in [4.69, 9.17) is 18.9 Å². The topological polar surface area (TPSA) is 73.3 Å². The summed E-state index contributed by atoms with van der Waals surface area (Å²) in [5.74, 6) is 1.68. The Balaban J connectivity index is 0.00000392. The fourth-order valence-electron chi connectivity index (χ4n) is 2.73. The summed E-state index contributed by atoms with van der Waals surface area (Å²) in [6.45, 7) is 6.91. The van der Waals surface area contributed by atoms with Gasteiger partial charge in [0.2, 0.25) is 0 Å². The number of hydrogen-bond donors (Lipinski definition) is 2. The number of aryl methyl sites for hydroxylation is 1. The quantitative estimate of drug-likeness (QED) is 0.208. The number of nitrogens with zero attached hydrogens (tertiary/aromatic N) is 1. The fourth-order valence-corrected chi connectivity index (χ4v) is 2.73. The van der Waals surface area contributed by atoms with Crippen LogP contribution in [0.5, 0.6) is 5.75 Å². The first kappa shape index (κ1) is 24.9. The van der Waals surface area contributed by atoms with Crippen LogP contribution in [0, 0.1) is 6.92 Å². The molecule has 0 bridgehead atoms. The molecule has 8 heteroatoms. The number of halogens is 1. The lowest BCUT2D eigenvalue weighted by Crippen LogP contribution is -2.37. The van der Waals surface area contributed by atoms with E-state index >= 15 is 0 Å². The molecule has 1 aliphatic heterocycles. The summed E-state index contributed by atoms with van der Waals surface area (Å²) in [6, 6.07) is 6.29. The number of hydrogen-bond acceptors (Lipinski definition) is 5. The number of benzene rings is 1. The Bertz CT molecular complexity index is 581. The molecular weight excluding hydrogens is 473 g/mol. The molecule has 160 valence electrons. The molecule has 1 fully saturated rings. The molecule has 0 aliphatic carbocycles. The predicted molar refractivity (Wildman–Crippen MR) is 122 cm³/mol. The Morgan fingerprint density at radius 3 is 2.82 bits per heavy atom. The maximum atomic E-state index is 6.15. The molecule has 2 rings (SSSR count). The van der Waals surface area contributed by atoms with Crippen molar-refractivity contribution in [3.63, 3.8) is 0 Å². The molecule has 1 atom stereocenters. The van der Waals surface area contributed by atoms with E-state index in [0.717, 1.165) is 43.3 Å². The highest BCUT2D eigenvalue weighted by Gasteiger charge is 2.18. The van der Waals surface area contributed by atoms with E-state index in [1.807, 2.05) is 0 Å². The van der Waals surface area contributed by atoms with Gasteiger partial charge in [-0.3, -0.25) is 4.99 Å². The van der Waals surface area contributed by atoms with Crippen LogP contribution in [-0.2, 0) is 20.8 Å². The van der Waals surface area contributed by atoms with Crippen molar-refractivity contribution in [3.05, 3.63) is 29.3 Å². The first-order valence-electron chi connectivity index (χ1n) is 9.58. The van der Waals surface area contributed by atoms with Gasteiger partial charge in [-0.2, -0.15) is 0 Å². The summed E-state index contributed by atoms with van der Waals surface area (Å²) < 4.78 is 22.0. The first-order chi connectivity index (χ1) is 13.2. The van der Waals surface area contributed by atoms with Crippen LogP contribution in [0.1, 0.15) is 24.0 Å². The highest BCUT2D eigenvalue weighted by Crippen LogP contribution is 2.23. The third-order valence-corrected chi connectivity index (χ3v) is 4.26. The average Bonchev–Trinajstić information content (AvgIpc) is 3.18. The van der Waals surface area contributed by atoms with Gasteiger partial charge in [-0.15, -0.1) is 24.0 Å². The van der Waals surface area contributed by atoms with Crippen LogP contribution in [0.25, 0.3) is 0 Å². The minimum atomic E-state index is 0. The molecule has 1 saturated heterocycles. The highest BCUT2D eigenvalue weighted by atomic mass is 127. The Kier molecular flexibility index (Phi) is 13.2. The van der Waals surface area contributed by atoms with E-state index in [-0.39, 0.29) is 30.1 Å². The van der Waals surface area contributed by atoms with Gasteiger partial charge < -0.3 is 29.6 Å². The summed E-state index contributed by atoms with van der Waals surface area (Å²) in [6.07, 6.45) is 1.99. The molecule has 1 heterocycles. The van der Waals surface area contributed by atoms with Crippen LogP contribution in [0.3, 0.4) is 0 Å². The molecule has 1 aromatic carbocycles. The zero-order chi connectivity index (χ0) is 19.3. The zero-order valence-electron chi connectivity index (χ0n) is 17.2. The third kappa shape index (κ3) is 9.40. The van der Waals surface area contributed by atoms with Crippen molar-refractivity contribution in [2.24, 2.45) is 4.99 Å². The van der Waals surface area contributed by atoms with Crippen LogP contribution in [0.2, 0.25) is 0 Å². The molecule has 0 spiro atoms.